The molecule has 0 aliphatic rings. The van der Waals surface area contributed by atoms with Crippen molar-refractivity contribution in [2.24, 2.45) is 0 Å². The average Bonchev–Trinajstić information content (AvgIpc) is 2.84. The van der Waals surface area contributed by atoms with E-state index in [1.54, 1.807) is 30.3 Å². The van der Waals surface area contributed by atoms with Gasteiger partial charge in [-0.05, 0) is 19.1 Å². The predicted octanol–water partition coefficient (Wildman–Crippen LogP) is 2.15. The van der Waals surface area contributed by atoms with E-state index in [-0.39, 0.29) is 11.7 Å². The van der Waals surface area contributed by atoms with Crippen LogP contribution in [0.4, 0.5) is 0 Å². The molecule has 0 radical (unpaired) electrons. The summed E-state index contributed by atoms with van der Waals surface area (Å²) < 4.78 is 5.55. The highest BCUT2D eigenvalue weighted by molar-refractivity contribution is 5.90. The van der Waals surface area contributed by atoms with E-state index < -0.39 is 5.97 Å². The molecule has 0 unspecified atom stereocenters. The molecule has 3 aromatic rings. The Hall–Kier alpha value is -2.96. The summed E-state index contributed by atoms with van der Waals surface area (Å²) in [6.07, 6.45) is 0. The minimum atomic E-state index is -1.21. The van der Waals surface area contributed by atoms with Gasteiger partial charge in [-0.15, -0.1) is 5.10 Å². The van der Waals surface area contributed by atoms with E-state index in [0.717, 1.165) is 5.69 Å². The second-order valence-electron chi connectivity index (χ2n) is 4.17. The number of hydrogen-bond donors (Lipinski definition) is 2. The molecule has 0 fully saturated rings. The van der Waals surface area contributed by atoms with Crippen LogP contribution in [0.3, 0.4) is 0 Å². The van der Waals surface area contributed by atoms with Gasteiger partial charge >= 0.3 is 5.97 Å². The van der Waals surface area contributed by atoms with Gasteiger partial charge in [0.1, 0.15) is 0 Å². The van der Waals surface area contributed by atoms with Crippen LogP contribution in [0.1, 0.15) is 16.3 Å². The molecule has 2 heterocycles. The van der Waals surface area contributed by atoms with Crippen LogP contribution in [0.25, 0.3) is 10.9 Å². The monoisotopic (exact) mass is 270 g/mol. The molecule has 0 aliphatic carbocycles. The molecule has 0 saturated heterocycles. The number of aromatic nitrogens is 4. The van der Waals surface area contributed by atoms with Crippen LogP contribution >= 0.6 is 0 Å². The number of aromatic carboxylic acids is 1. The third-order valence-corrected chi connectivity index (χ3v) is 2.64. The topological polar surface area (TPSA) is 101 Å². The summed E-state index contributed by atoms with van der Waals surface area (Å²) in [5, 5.41) is 16.3. The minimum absolute atomic E-state index is 0.166. The summed E-state index contributed by atoms with van der Waals surface area (Å²) in [5.74, 6) is -1.04. The molecule has 0 spiro atoms. The van der Waals surface area contributed by atoms with E-state index in [2.05, 4.69) is 20.2 Å². The maximum Gasteiger partial charge on any atom is 0.374 e. The number of aryl methyl sites for hydroxylation is 1. The van der Waals surface area contributed by atoms with Crippen molar-refractivity contribution in [3.63, 3.8) is 0 Å². The number of hydrogen-bond acceptors (Lipinski definition) is 5. The third-order valence-electron chi connectivity index (χ3n) is 2.64. The van der Waals surface area contributed by atoms with Crippen molar-refractivity contribution in [1.29, 1.82) is 0 Å². The van der Waals surface area contributed by atoms with Gasteiger partial charge < -0.3 is 9.84 Å². The Morgan fingerprint density at radius 1 is 1.30 bits per heavy atom. The maximum atomic E-state index is 11.1. The highest BCUT2D eigenvalue weighted by Crippen LogP contribution is 2.26. The number of para-hydroxylation sites is 1. The fraction of sp³-hybridized carbons (Fsp3) is 0.0769. The van der Waals surface area contributed by atoms with Crippen molar-refractivity contribution in [2.45, 2.75) is 6.92 Å². The summed E-state index contributed by atoms with van der Waals surface area (Å²) in [7, 11) is 0. The molecule has 0 aliphatic heterocycles. The molecule has 7 nitrogen and oxygen atoms in total. The summed E-state index contributed by atoms with van der Waals surface area (Å²) >= 11 is 0. The highest BCUT2D eigenvalue weighted by atomic mass is 16.5. The summed E-state index contributed by atoms with van der Waals surface area (Å²) in [6, 6.07) is 8.72. The molecule has 20 heavy (non-hydrogen) atoms. The van der Waals surface area contributed by atoms with E-state index in [1.165, 1.54) is 0 Å². The molecular formula is C13H10N4O3. The van der Waals surface area contributed by atoms with Crippen molar-refractivity contribution in [2.75, 3.05) is 0 Å². The average molecular weight is 270 g/mol. The van der Waals surface area contributed by atoms with E-state index in [9.17, 15) is 4.79 Å². The standard InChI is InChI=1S/C13H10N4O3/c1-7-6-10(17-16-7)20-12-8-4-2-3-5-9(8)14-11(15-12)13(18)19/h2-6H,1H3,(H,16,17)(H,18,19). The zero-order valence-corrected chi connectivity index (χ0v) is 10.5. The predicted molar refractivity (Wildman–Crippen MR) is 69.9 cm³/mol. The lowest BCUT2D eigenvalue weighted by molar-refractivity contribution is 0.0683. The van der Waals surface area contributed by atoms with Crippen LogP contribution < -0.4 is 4.74 Å². The third kappa shape index (κ3) is 2.16. The molecule has 100 valence electrons. The molecule has 2 N–H and O–H groups in total. The lowest BCUT2D eigenvalue weighted by Crippen LogP contribution is -2.05. The fourth-order valence-corrected chi connectivity index (χ4v) is 1.77. The molecule has 2 aromatic heterocycles. The first-order chi connectivity index (χ1) is 9.63. The van der Waals surface area contributed by atoms with Crippen LogP contribution in [0, 0.1) is 6.92 Å². The van der Waals surface area contributed by atoms with Crippen LogP contribution in [0.2, 0.25) is 0 Å². The van der Waals surface area contributed by atoms with Gasteiger partial charge in [0, 0.05) is 11.8 Å². The Morgan fingerprint density at radius 2 is 2.10 bits per heavy atom. The number of carboxylic acids is 1. The lowest BCUT2D eigenvalue weighted by Gasteiger charge is -2.06. The Labute approximate surface area is 113 Å². The van der Waals surface area contributed by atoms with E-state index in [4.69, 9.17) is 9.84 Å². The van der Waals surface area contributed by atoms with Gasteiger partial charge in [0.25, 0.3) is 0 Å². The first-order valence-electron chi connectivity index (χ1n) is 5.83. The van der Waals surface area contributed by atoms with Gasteiger partial charge in [-0.3, -0.25) is 5.10 Å². The van der Waals surface area contributed by atoms with Crippen LogP contribution in [0.5, 0.6) is 11.8 Å². The van der Waals surface area contributed by atoms with Crippen molar-refractivity contribution in [1.82, 2.24) is 20.2 Å². The molecule has 7 heteroatoms. The summed E-state index contributed by atoms with van der Waals surface area (Å²) in [5.41, 5.74) is 1.33. The van der Waals surface area contributed by atoms with Crippen LogP contribution in [-0.4, -0.2) is 31.2 Å². The van der Waals surface area contributed by atoms with E-state index in [1.807, 2.05) is 6.92 Å². The molecule has 1 aromatic carbocycles. The highest BCUT2D eigenvalue weighted by Gasteiger charge is 2.14. The summed E-state index contributed by atoms with van der Waals surface area (Å²) in [4.78, 5) is 18.9. The van der Waals surface area contributed by atoms with Gasteiger partial charge in [-0.2, -0.15) is 4.98 Å². The summed E-state index contributed by atoms with van der Waals surface area (Å²) in [6.45, 7) is 1.83. The number of H-pyrrole nitrogens is 1. The Kier molecular flexibility index (Phi) is 2.79. The number of nitrogens with zero attached hydrogens (tertiary/aromatic N) is 3. The number of benzene rings is 1. The molecule has 0 atom stereocenters. The van der Waals surface area contributed by atoms with Gasteiger partial charge in [0.2, 0.25) is 17.6 Å². The number of carboxylic acid groups (broad SMARTS) is 1. The van der Waals surface area contributed by atoms with Crippen LogP contribution in [0.15, 0.2) is 30.3 Å². The minimum Gasteiger partial charge on any atom is -0.475 e. The van der Waals surface area contributed by atoms with Gasteiger partial charge in [0.05, 0.1) is 10.9 Å². The van der Waals surface area contributed by atoms with Crippen molar-refractivity contribution < 1.29 is 14.6 Å². The Balaban J connectivity index is 2.14. The van der Waals surface area contributed by atoms with Gasteiger partial charge in [0.15, 0.2) is 0 Å². The largest absolute Gasteiger partial charge is 0.475 e. The SMILES string of the molecule is Cc1cc(Oc2nc(C(=O)O)nc3ccccc23)n[nH]1. The molecule has 3 rings (SSSR count). The Morgan fingerprint density at radius 3 is 2.80 bits per heavy atom. The molecule has 0 bridgehead atoms. The number of rotatable bonds is 3. The normalized spacial score (nSPS) is 10.7. The zero-order chi connectivity index (χ0) is 14.1. The molecule has 0 saturated carbocycles. The number of aromatic amines is 1. The molecule has 0 amide bonds. The van der Waals surface area contributed by atoms with Crippen molar-refractivity contribution in [3.05, 3.63) is 41.9 Å². The van der Waals surface area contributed by atoms with Crippen LogP contribution in [-0.2, 0) is 0 Å². The van der Waals surface area contributed by atoms with Crippen molar-refractivity contribution >= 4 is 16.9 Å². The van der Waals surface area contributed by atoms with E-state index in [0.29, 0.717) is 16.8 Å². The first kappa shape index (κ1) is 12.1. The lowest BCUT2D eigenvalue weighted by atomic mass is 10.2. The number of nitrogens with one attached hydrogen (secondary N) is 1. The maximum absolute atomic E-state index is 11.1. The number of ether oxygens (including phenoxy) is 1. The Bertz CT molecular complexity index is 797. The van der Waals surface area contributed by atoms with Gasteiger partial charge in [-0.1, -0.05) is 12.1 Å². The quantitative estimate of drug-likeness (QED) is 0.756. The second-order valence-corrected chi connectivity index (χ2v) is 4.17. The second kappa shape index (κ2) is 4.61. The smallest absolute Gasteiger partial charge is 0.374 e. The molecular weight excluding hydrogens is 260 g/mol. The first-order valence-corrected chi connectivity index (χ1v) is 5.83. The fourth-order valence-electron chi connectivity index (χ4n) is 1.77. The van der Waals surface area contributed by atoms with Crippen molar-refractivity contribution in [3.8, 4) is 11.8 Å². The van der Waals surface area contributed by atoms with Gasteiger partial charge in [-0.25, -0.2) is 9.78 Å². The number of fused-ring (bicyclic) bond motifs is 1. The number of carbonyl (C=O) groups is 1. The van der Waals surface area contributed by atoms with E-state index >= 15 is 0 Å². The zero-order valence-electron chi connectivity index (χ0n) is 10.5.